The first kappa shape index (κ1) is 46.0. The Balaban J connectivity index is 3.75. The number of unbranched alkanes of at least 4 members (excludes halogenated alkanes) is 27. The van der Waals surface area contributed by atoms with Crippen LogP contribution in [-0.4, -0.2) is 57.3 Å². The van der Waals surface area contributed by atoms with Crippen molar-refractivity contribution in [2.75, 3.05) is 6.61 Å². The Morgan fingerprint density at radius 3 is 1.15 bits per heavy atom. The lowest BCUT2D eigenvalue weighted by Crippen LogP contribution is -2.48. The Labute approximate surface area is 292 Å². The molecule has 0 heterocycles. The van der Waals surface area contributed by atoms with E-state index in [-0.39, 0.29) is 0 Å². The van der Waals surface area contributed by atoms with E-state index in [1.54, 1.807) is 6.08 Å². The molecule has 1 unspecified atom stereocenters. The Hall–Kier alpha value is -0.950. The van der Waals surface area contributed by atoms with Crippen LogP contribution in [0.3, 0.4) is 0 Å². The van der Waals surface area contributed by atoms with Gasteiger partial charge >= 0.3 is 0 Å². The van der Waals surface area contributed by atoms with Gasteiger partial charge in [0, 0.05) is 0 Å². The van der Waals surface area contributed by atoms with Crippen molar-refractivity contribution in [1.82, 2.24) is 5.32 Å². The fourth-order valence-electron chi connectivity index (χ4n) is 6.38. The van der Waals surface area contributed by atoms with Gasteiger partial charge < -0.3 is 25.7 Å². The molecule has 0 saturated heterocycles. The number of hydrogen-bond donors (Lipinski definition) is 5. The predicted molar refractivity (Wildman–Crippen MR) is 201 cm³/mol. The molecule has 4 atom stereocenters. The van der Waals surface area contributed by atoms with E-state index in [9.17, 15) is 25.2 Å². The second-order valence-corrected chi connectivity index (χ2v) is 14.4. The zero-order valence-electron chi connectivity index (χ0n) is 31.3. The predicted octanol–water partition coefficient (Wildman–Crippen LogP) is 10.2. The molecule has 0 aromatic heterocycles. The highest BCUT2D eigenvalue weighted by Crippen LogP contribution is 2.16. The number of hydrogen-bond acceptors (Lipinski definition) is 5. The molecule has 0 rings (SSSR count). The standard InChI is InChI=1S/C41H81NO5/c1-3-5-7-9-11-13-15-16-17-18-19-20-21-22-23-25-27-29-31-33-40(46)41(47)42-38(36-43)39(45)35-34-37(44)32-30-28-26-24-14-12-10-8-6-4-2/h34-35,37-40,43-46H,3-33,36H2,1-2H3,(H,42,47)/b35-34+/t37-,38+,39-,40?/m1/s1. The van der Waals surface area contributed by atoms with Gasteiger partial charge in [-0.15, -0.1) is 0 Å². The molecule has 0 aliphatic carbocycles. The maximum absolute atomic E-state index is 12.4. The number of aliphatic hydroxyl groups is 4. The lowest BCUT2D eigenvalue weighted by atomic mass is 10.0. The van der Waals surface area contributed by atoms with Gasteiger partial charge in [-0.2, -0.15) is 0 Å². The van der Waals surface area contributed by atoms with Crippen molar-refractivity contribution in [2.45, 2.75) is 237 Å². The molecular formula is C41H81NO5. The maximum atomic E-state index is 12.4. The zero-order valence-corrected chi connectivity index (χ0v) is 31.3. The van der Waals surface area contributed by atoms with Crippen LogP contribution in [0.15, 0.2) is 12.2 Å². The van der Waals surface area contributed by atoms with Gasteiger partial charge in [0.25, 0.3) is 0 Å². The number of carbonyl (C=O) groups is 1. The van der Waals surface area contributed by atoms with Gasteiger partial charge in [0.05, 0.1) is 24.9 Å². The number of carbonyl (C=O) groups excluding carboxylic acids is 1. The summed E-state index contributed by atoms with van der Waals surface area (Å²) in [5, 5.41) is 43.2. The number of aliphatic hydroxyl groups excluding tert-OH is 4. The third-order valence-corrected chi connectivity index (χ3v) is 9.70. The van der Waals surface area contributed by atoms with Gasteiger partial charge in [-0.1, -0.05) is 212 Å². The average molecular weight is 668 g/mol. The number of nitrogens with one attached hydrogen (secondary N) is 1. The second-order valence-electron chi connectivity index (χ2n) is 14.4. The Morgan fingerprint density at radius 2 is 0.809 bits per heavy atom. The van der Waals surface area contributed by atoms with Crippen LogP contribution in [0, 0.1) is 0 Å². The molecule has 0 aromatic carbocycles. The van der Waals surface area contributed by atoms with Crippen LogP contribution >= 0.6 is 0 Å². The van der Waals surface area contributed by atoms with Crippen molar-refractivity contribution < 1.29 is 25.2 Å². The van der Waals surface area contributed by atoms with Crippen LogP contribution in [0.2, 0.25) is 0 Å². The van der Waals surface area contributed by atoms with E-state index in [2.05, 4.69) is 19.2 Å². The highest BCUT2D eigenvalue weighted by Gasteiger charge is 2.22. The van der Waals surface area contributed by atoms with Crippen LogP contribution in [0.4, 0.5) is 0 Å². The van der Waals surface area contributed by atoms with Gasteiger partial charge in [0.1, 0.15) is 6.10 Å². The molecule has 0 saturated carbocycles. The van der Waals surface area contributed by atoms with E-state index in [0.717, 1.165) is 32.1 Å². The molecule has 0 aliphatic heterocycles. The summed E-state index contributed by atoms with van der Waals surface area (Å²) in [5.41, 5.74) is 0. The SMILES string of the molecule is CCCCCCCCCCCCCCCCCCCCCC(O)C(=O)N[C@@H](CO)[C@H](O)/C=C/[C@H](O)CCCCCCCCCCCC. The highest BCUT2D eigenvalue weighted by atomic mass is 16.3. The first-order valence-electron chi connectivity index (χ1n) is 20.6. The molecule has 0 radical (unpaired) electrons. The third kappa shape index (κ3) is 32.0. The minimum Gasteiger partial charge on any atom is -0.394 e. The van der Waals surface area contributed by atoms with Crippen molar-refractivity contribution in [3.8, 4) is 0 Å². The first-order chi connectivity index (χ1) is 23.0. The number of rotatable bonds is 37. The van der Waals surface area contributed by atoms with Gasteiger partial charge in [-0.05, 0) is 12.8 Å². The van der Waals surface area contributed by atoms with Crippen molar-refractivity contribution in [3.05, 3.63) is 12.2 Å². The first-order valence-corrected chi connectivity index (χ1v) is 20.6. The Bertz CT molecular complexity index is 672. The number of amides is 1. The smallest absolute Gasteiger partial charge is 0.249 e. The summed E-state index contributed by atoms with van der Waals surface area (Å²) < 4.78 is 0. The van der Waals surface area contributed by atoms with Crippen LogP contribution < -0.4 is 5.32 Å². The minimum atomic E-state index is -1.15. The summed E-state index contributed by atoms with van der Waals surface area (Å²) in [7, 11) is 0. The molecule has 6 nitrogen and oxygen atoms in total. The minimum absolute atomic E-state index is 0.381. The largest absolute Gasteiger partial charge is 0.394 e. The fraction of sp³-hybridized carbons (Fsp3) is 0.927. The monoisotopic (exact) mass is 668 g/mol. The molecule has 0 spiro atoms. The van der Waals surface area contributed by atoms with E-state index in [1.807, 2.05) is 0 Å². The van der Waals surface area contributed by atoms with Crippen LogP contribution in [-0.2, 0) is 4.79 Å². The van der Waals surface area contributed by atoms with Gasteiger partial charge in [0.2, 0.25) is 5.91 Å². The summed E-state index contributed by atoms with van der Waals surface area (Å²) in [6.07, 6.45) is 38.3. The molecule has 0 bridgehead atoms. The third-order valence-electron chi connectivity index (χ3n) is 9.70. The fourth-order valence-corrected chi connectivity index (χ4v) is 6.38. The summed E-state index contributed by atoms with van der Waals surface area (Å²) in [6, 6.07) is -0.914. The lowest BCUT2D eigenvalue weighted by molar-refractivity contribution is -0.131. The normalized spacial score (nSPS) is 14.4. The van der Waals surface area contributed by atoms with Crippen molar-refractivity contribution in [3.63, 3.8) is 0 Å². The van der Waals surface area contributed by atoms with E-state index in [0.29, 0.717) is 12.8 Å². The van der Waals surface area contributed by atoms with Gasteiger partial charge in [-0.25, -0.2) is 0 Å². The van der Waals surface area contributed by atoms with E-state index in [4.69, 9.17) is 0 Å². The van der Waals surface area contributed by atoms with Crippen molar-refractivity contribution in [2.24, 2.45) is 0 Å². The summed E-state index contributed by atoms with van der Waals surface area (Å²) in [5.74, 6) is -0.565. The molecule has 0 aromatic rings. The van der Waals surface area contributed by atoms with Gasteiger partial charge in [0.15, 0.2) is 0 Å². The van der Waals surface area contributed by atoms with E-state index in [1.165, 1.54) is 160 Å². The second kappa shape index (κ2) is 36.3. The summed E-state index contributed by atoms with van der Waals surface area (Å²) >= 11 is 0. The van der Waals surface area contributed by atoms with E-state index >= 15 is 0 Å². The topological polar surface area (TPSA) is 110 Å². The maximum Gasteiger partial charge on any atom is 0.249 e. The molecule has 5 N–H and O–H groups in total. The molecule has 280 valence electrons. The average Bonchev–Trinajstić information content (AvgIpc) is 3.07. The molecular weight excluding hydrogens is 586 g/mol. The van der Waals surface area contributed by atoms with Crippen LogP contribution in [0.25, 0.3) is 0 Å². The summed E-state index contributed by atoms with van der Waals surface area (Å²) in [4.78, 5) is 12.4. The van der Waals surface area contributed by atoms with E-state index < -0.39 is 36.9 Å². The highest BCUT2D eigenvalue weighted by molar-refractivity contribution is 5.80. The van der Waals surface area contributed by atoms with Gasteiger partial charge in [-0.3, -0.25) is 4.79 Å². The Morgan fingerprint density at radius 1 is 0.489 bits per heavy atom. The van der Waals surface area contributed by atoms with Crippen molar-refractivity contribution in [1.29, 1.82) is 0 Å². The van der Waals surface area contributed by atoms with Crippen molar-refractivity contribution >= 4 is 5.91 Å². The molecule has 0 fully saturated rings. The lowest BCUT2D eigenvalue weighted by Gasteiger charge is -2.22. The molecule has 1 amide bonds. The van der Waals surface area contributed by atoms with Crippen LogP contribution in [0.5, 0.6) is 0 Å². The van der Waals surface area contributed by atoms with Crippen LogP contribution in [0.1, 0.15) is 213 Å². The molecule has 6 heteroatoms. The molecule has 0 aliphatic rings. The zero-order chi connectivity index (χ0) is 34.6. The summed E-state index contributed by atoms with van der Waals surface area (Å²) in [6.45, 7) is 4.07. The Kier molecular flexibility index (Phi) is 35.6. The quantitative estimate of drug-likeness (QED) is 0.0335. The molecule has 47 heavy (non-hydrogen) atoms.